The molecule has 3 atom stereocenters. The zero-order valence-electron chi connectivity index (χ0n) is 22.2. The van der Waals surface area contributed by atoms with E-state index in [2.05, 4.69) is 10.6 Å². The number of aliphatic carboxylic acids is 1. The average Bonchev–Trinajstić information content (AvgIpc) is 3.38. The molecule has 11 nitrogen and oxygen atoms in total. The van der Waals surface area contributed by atoms with Crippen LogP contribution in [0.15, 0.2) is 30.3 Å². The molecule has 39 heavy (non-hydrogen) atoms. The van der Waals surface area contributed by atoms with Crippen molar-refractivity contribution in [1.82, 2.24) is 20.9 Å². The zero-order valence-corrected chi connectivity index (χ0v) is 22.2. The standard InChI is InChI=1S/C26H34F2N4O7/c1-14(2)18(20(33)26(27,28)25(39)29-13-16-9-6-5-7-10-16)30-21(34)17-11-8-12-32(17)23(36)19(15(3)4)31-22(35)24(37)38/h5-7,9-10,14-15,17-19H,8,11-13H2,1-4H3,(H,29,39)(H,30,34)(H,31,35)(H,37,38)/t17-,18-,19-/m0/s1. The number of rotatable bonds is 11. The van der Waals surface area contributed by atoms with Crippen LogP contribution in [0.1, 0.15) is 46.1 Å². The summed E-state index contributed by atoms with van der Waals surface area (Å²) >= 11 is 0. The predicted molar refractivity (Wildman–Crippen MR) is 134 cm³/mol. The maximum atomic E-state index is 14.9. The van der Waals surface area contributed by atoms with Crippen LogP contribution in [0, 0.1) is 11.8 Å². The second-order valence-corrected chi connectivity index (χ2v) is 10.0. The van der Waals surface area contributed by atoms with Gasteiger partial charge in [-0.3, -0.25) is 24.0 Å². The zero-order chi connectivity index (χ0) is 29.5. The molecule has 13 heteroatoms. The maximum Gasteiger partial charge on any atom is 0.394 e. The van der Waals surface area contributed by atoms with Crippen molar-refractivity contribution in [3.63, 3.8) is 0 Å². The number of nitrogens with one attached hydrogen (secondary N) is 3. The van der Waals surface area contributed by atoms with Crippen LogP contribution in [0.4, 0.5) is 8.78 Å². The number of amides is 4. The smallest absolute Gasteiger partial charge is 0.394 e. The molecule has 0 bridgehead atoms. The Morgan fingerprint density at radius 3 is 2.10 bits per heavy atom. The van der Waals surface area contributed by atoms with Gasteiger partial charge in [0.25, 0.3) is 5.91 Å². The molecule has 1 aliphatic heterocycles. The molecule has 1 heterocycles. The maximum absolute atomic E-state index is 14.9. The number of benzene rings is 1. The predicted octanol–water partition coefficient (Wildman–Crippen LogP) is 0.864. The molecule has 0 aliphatic carbocycles. The number of carbonyl (C=O) groups is 6. The lowest BCUT2D eigenvalue weighted by atomic mass is 9.94. The number of Topliss-reactive ketones (excluding diaryl/α,β-unsaturated/α-hetero) is 1. The van der Waals surface area contributed by atoms with Crippen LogP contribution in [-0.2, 0) is 35.3 Å². The van der Waals surface area contributed by atoms with Crippen molar-refractivity contribution < 1.29 is 42.7 Å². The van der Waals surface area contributed by atoms with Crippen molar-refractivity contribution in [2.75, 3.05) is 6.54 Å². The number of nitrogens with zero attached hydrogens (tertiary/aromatic N) is 1. The lowest BCUT2D eigenvalue weighted by Gasteiger charge is -2.32. The topological polar surface area (TPSA) is 162 Å². The first-order chi connectivity index (χ1) is 18.2. The highest BCUT2D eigenvalue weighted by molar-refractivity contribution is 6.32. The highest BCUT2D eigenvalue weighted by Gasteiger charge is 2.51. The minimum atomic E-state index is -4.44. The van der Waals surface area contributed by atoms with Gasteiger partial charge in [0.05, 0.1) is 6.04 Å². The van der Waals surface area contributed by atoms with E-state index in [1.807, 2.05) is 5.32 Å². The van der Waals surface area contributed by atoms with E-state index in [1.165, 1.54) is 13.8 Å². The van der Waals surface area contributed by atoms with Crippen molar-refractivity contribution in [1.29, 1.82) is 0 Å². The summed E-state index contributed by atoms with van der Waals surface area (Å²) in [4.78, 5) is 75.1. The van der Waals surface area contributed by atoms with Crippen LogP contribution in [0.2, 0.25) is 0 Å². The fourth-order valence-corrected chi connectivity index (χ4v) is 4.18. The summed E-state index contributed by atoms with van der Waals surface area (Å²) in [7, 11) is 0. The van der Waals surface area contributed by atoms with E-state index in [0.717, 1.165) is 4.90 Å². The molecular weight excluding hydrogens is 518 g/mol. The van der Waals surface area contributed by atoms with E-state index in [4.69, 9.17) is 5.11 Å². The van der Waals surface area contributed by atoms with Gasteiger partial charge in [-0.15, -0.1) is 0 Å². The Balaban J connectivity index is 2.15. The van der Waals surface area contributed by atoms with Crippen LogP contribution in [0.25, 0.3) is 0 Å². The molecule has 0 aromatic heterocycles. The van der Waals surface area contributed by atoms with E-state index in [0.29, 0.717) is 12.0 Å². The van der Waals surface area contributed by atoms with E-state index in [-0.39, 0.29) is 19.5 Å². The number of hydrogen-bond donors (Lipinski definition) is 4. The Labute approximate surface area is 224 Å². The van der Waals surface area contributed by atoms with Gasteiger partial charge in [-0.05, 0) is 30.2 Å². The van der Waals surface area contributed by atoms with Crippen molar-refractivity contribution in [3.05, 3.63) is 35.9 Å². The van der Waals surface area contributed by atoms with Gasteiger partial charge in [0.2, 0.25) is 17.6 Å². The molecule has 0 unspecified atom stereocenters. The third-order valence-electron chi connectivity index (χ3n) is 6.39. The van der Waals surface area contributed by atoms with Crippen LogP contribution in [0.5, 0.6) is 0 Å². The van der Waals surface area contributed by atoms with Crippen LogP contribution in [0.3, 0.4) is 0 Å². The average molecular weight is 553 g/mol. The number of ketones is 1. The van der Waals surface area contributed by atoms with E-state index in [1.54, 1.807) is 44.2 Å². The van der Waals surface area contributed by atoms with Gasteiger partial charge in [-0.2, -0.15) is 8.78 Å². The molecular formula is C26H34F2N4O7. The summed E-state index contributed by atoms with van der Waals surface area (Å²) in [5.41, 5.74) is 0.549. The number of carboxylic acid groups (broad SMARTS) is 1. The molecule has 0 saturated carbocycles. The summed E-state index contributed by atoms with van der Waals surface area (Å²) in [5, 5.41) is 15.3. The van der Waals surface area contributed by atoms with Crippen molar-refractivity contribution in [2.24, 2.45) is 11.8 Å². The van der Waals surface area contributed by atoms with E-state index >= 15 is 0 Å². The molecule has 1 aromatic rings. The van der Waals surface area contributed by atoms with Crippen molar-refractivity contribution in [2.45, 2.75) is 71.1 Å². The highest BCUT2D eigenvalue weighted by atomic mass is 19.3. The summed E-state index contributed by atoms with van der Waals surface area (Å²) in [6.45, 7) is 5.88. The number of carbonyl (C=O) groups excluding carboxylic acids is 5. The van der Waals surface area contributed by atoms with Crippen LogP contribution in [-0.4, -0.2) is 76.0 Å². The van der Waals surface area contributed by atoms with Gasteiger partial charge in [0.15, 0.2) is 0 Å². The molecule has 4 N–H and O–H groups in total. The van der Waals surface area contributed by atoms with Crippen LogP contribution < -0.4 is 16.0 Å². The lowest BCUT2D eigenvalue weighted by molar-refractivity contribution is -0.161. The fourth-order valence-electron chi connectivity index (χ4n) is 4.18. The molecule has 0 spiro atoms. The molecule has 2 rings (SSSR count). The van der Waals surface area contributed by atoms with Gasteiger partial charge < -0.3 is 26.0 Å². The molecule has 1 saturated heterocycles. The quantitative estimate of drug-likeness (QED) is 0.234. The molecule has 214 valence electrons. The van der Waals surface area contributed by atoms with Gasteiger partial charge in [0.1, 0.15) is 12.1 Å². The summed E-state index contributed by atoms with van der Waals surface area (Å²) < 4.78 is 29.7. The Bertz CT molecular complexity index is 1100. The molecule has 0 radical (unpaired) electrons. The minimum absolute atomic E-state index is 0.0986. The lowest BCUT2D eigenvalue weighted by Crippen LogP contribution is -2.60. The largest absolute Gasteiger partial charge is 0.474 e. The van der Waals surface area contributed by atoms with E-state index in [9.17, 15) is 37.5 Å². The van der Waals surface area contributed by atoms with Crippen molar-refractivity contribution in [3.8, 4) is 0 Å². The SMILES string of the molecule is CC(C)[C@H](NC(=O)C(=O)O)C(=O)N1CCC[C@H]1C(=O)N[C@H](C(=O)C(F)(F)C(=O)NCc1ccccc1)C(C)C. The monoisotopic (exact) mass is 552 g/mol. The first kappa shape index (κ1) is 31.3. The number of halogens is 2. The Morgan fingerprint density at radius 2 is 1.56 bits per heavy atom. The molecule has 4 amide bonds. The number of hydrogen-bond acceptors (Lipinski definition) is 6. The van der Waals surface area contributed by atoms with Gasteiger partial charge in [0, 0.05) is 13.1 Å². The number of carboxylic acids is 1. The summed E-state index contributed by atoms with van der Waals surface area (Å²) in [5.74, 6) is -14.1. The first-order valence-electron chi connectivity index (χ1n) is 12.6. The molecule has 1 aromatic carbocycles. The second-order valence-electron chi connectivity index (χ2n) is 10.0. The van der Waals surface area contributed by atoms with Gasteiger partial charge in [-0.1, -0.05) is 58.0 Å². The number of likely N-dealkylation sites (tertiary alicyclic amines) is 1. The second kappa shape index (κ2) is 13.3. The summed E-state index contributed by atoms with van der Waals surface area (Å²) in [6.07, 6.45) is 0.530. The van der Waals surface area contributed by atoms with Crippen molar-refractivity contribution >= 4 is 35.4 Å². The molecule has 1 aliphatic rings. The van der Waals surface area contributed by atoms with Gasteiger partial charge >= 0.3 is 17.8 Å². The molecule has 1 fully saturated rings. The minimum Gasteiger partial charge on any atom is -0.474 e. The highest BCUT2D eigenvalue weighted by Crippen LogP contribution is 2.24. The number of alkyl halides is 2. The van der Waals surface area contributed by atoms with Crippen LogP contribution >= 0.6 is 0 Å². The van der Waals surface area contributed by atoms with Gasteiger partial charge in [-0.25, -0.2) is 4.79 Å². The summed E-state index contributed by atoms with van der Waals surface area (Å²) in [6, 6.07) is 4.14. The third kappa shape index (κ3) is 7.80. The Hall–Kier alpha value is -3.90. The first-order valence-corrected chi connectivity index (χ1v) is 12.6. The normalized spacial score (nSPS) is 16.9. The Kier molecular flexibility index (Phi) is 10.6. The van der Waals surface area contributed by atoms with E-state index < -0.39 is 71.3 Å². The Morgan fingerprint density at radius 1 is 0.974 bits per heavy atom. The fraction of sp³-hybridized carbons (Fsp3) is 0.538. The third-order valence-corrected chi connectivity index (χ3v) is 6.39.